The van der Waals surface area contributed by atoms with Crippen LogP contribution in [0.5, 0.6) is 11.5 Å². The summed E-state index contributed by atoms with van der Waals surface area (Å²) in [5.74, 6) is 0.431. The first-order chi connectivity index (χ1) is 17.0. The van der Waals surface area contributed by atoms with Crippen molar-refractivity contribution in [3.8, 4) is 11.5 Å². The molecular formula is C27H42N2O5Si2. The van der Waals surface area contributed by atoms with Crippen molar-refractivity contribution in [2.45, 2.75) is 58.0 Å². The number of esters is 2. The monoisotopic (exact) mass is 530 g/mol. The van der Waals surface area contributed by atoms with E-state index >= 15 is 0 Å². The van der Waals surface area contributed by atoms with E-state index < -0.39 is 16.6 Å². The third-order valence-corrected chi connectivity index (χ3v) is 13.1. The fourth-order valence-corrected chi connectivity index (χ4v) is 12.6. The molecule has 36 heavy (non-hydrogen) atoms. The zero-order chi connectivity index (χ0) is 26.6. The molecule has 0 aliphatic carbocycles. The molecule has 0 aliphatic heterocycles. The number of ether oxygens (including phenoxy) is 2. The summed E-state index contributed by atoms with van der Waals surface area (Å²) in [6.07, 6.45) is 1.88. The van der Waals surface area contributed by atoms with Gasteiger partial charge in [0.2, 0.25) is 0 Å². The van der Waals surface area contributed by atoms with E-state index in [1.807, 2.05) is 43.4 Å². The zero-order valence-electron chi connectivity index (χ0n) is 22.6. The van der Waals surface area contributed by atoms with Crippen molar-refractivity contribution in [2.75, 3.05) is 26.7 Å². The molecule has 0 aliphatic rings. The van der Waals surface area contributed by atoms with Crippen LogP contribution in [0.2, 0.25) is 38.3 Å². The lowest BCUT2D eigenvalue weighted by molar-refractivity contribution is -0.133. The van der Waals surface area contributed by atoms with E-state index in [-0.39, 0.29) is 18.5 Å². The van der Waals surface area contributed by atoms with Crippen LogP contribution < -0.4 is 20.1 Å². The Bertz CT molecular complexity index is 963. The molecule has 9 heteroatoms. The van der Waals surface area contributed by atoms with Gasteiger partial charge in [0.1, 0.15) is 11.5 Å². The average molecular weight is 531 g/mol. The molecule has 0 aromatic heterocycles. The second-order valence-electron chi connectivity index (χ2n) is 10.3. The van der Waals surface area contributed by atoms with Crippen molar-refractivity contribution in [1.82, 2.24) is 10.6 Å². The van der Waals surface area contributed by atoms with Crippen molar-refractivity contribution in [3.05, 3.63) is 59.7 Å². The molecule has 198 valence electrons. The van der Waals surface area contributed by atoms with Gasteiger partial charge in [-0.3, -0.25) is 9.59 Å². The van der Waals surface area contributed by atoms with Gasteiger partial charge in [0.05, 0.1) is 6.54 Å². The molecule has 7 nitrogen and oxygen atoms in total. The summed E-state index contributed by atoms with van der Waals surface area (Å²) in [4.78, 5) is 23.3. The molecule has 0 unspecified atom stereocenters. The molecule has 2 aromatic rings. The van der Waals surface area contributed by atoms with Crippen molar-refractivity contribution in [1.29, 1.82) is 0 Å². The third-order valence-electron chi connectivity index (χ3n) is 5.68. The van der Waals surface area contributed by atoms with E-state index in [1.165, 1.54) is 6.92 Å². The molecule has 2 N–H and O–H groups in total. The van der Waals surface area contributed by atoms with Gasteiger partial charge in [0.15, 0.2) is 16.6 Å². The molecule has 0 spiro atoms. The van der Waals surface area contributed by atoms with Crippen LogP contribution in [0.3, 0.4) is 0 Å². The third kappa shape index (κ3) is 12.1. The number of hydrogen-bond donors (Lipinski definition) is 2. The molecule has 2 aromatic carbocycles. The smallest absolute Gasteiger partial charge is 0.325 e. The largest absolute Gasteiger partial charge is 0.455 e. The number of hydrogen-bond acceptors (Lipinski definition) is 7. The first-order valence-corrected chi connectivity index (χ1v) is 18.8. The maximum absolute atomic E-state index is 12.3. The Labute approximate surface area is 218 Å². The molecule has 0 bridgehead atoms. The quantitative estimate of drug-likeness (QED) is 0.149. The van der Waals surface area contributed by atoms with Crippen molar-refractivity contribution in [2.24, 2.45) is 0 Å². The van der Waals surface area contributed by atoms with E-state index in [9.17, 15) is 9.59 Å². The van der Waals surface area contributed by atoms with Crippen molar-refractivity contribution >= 4 is 28.6 Å². The minimum Gasteiger partial charge on any atom is -0.455 e. The van der Waals surface area contributed by atoms with E-state index in [2.05, 4.69) is 36.8 Å². The highest BCUT2D eigenvalue weighted by Gasteiger charge is 2.32. The van der Waals surface area contributed by atoms with Crippen LogP contribution in [0, 0.1) is 0 Å². The molecular weight excluding hydrogens is 488 g/mol. The van der Waals surface area contributed by atoms with E-state index in [0.717, 1.165) is 49.1 Å². The SMILES string of the molecule is CNCCC[Si](C)(C)O[Si](C)(C)CCNCC(=O)Oc1ccc(Cc2ccc(OC(C)=O)cc2)cc1. The van der Waals surface area contributed by atoms with Gasteiger partial charge >= 0.3 is 11.9 Å². The van der Waals surface area contributed by atoms with Gasteiger partial charge in [0.25, 0.3) is 0 Å². The van der Waals surface area contributed by atoms with Crippen LogP contribution in [0.25, 0.3) is 0 Å². The summed E-state index contributed by atoms with van der Waals surface area (Å²) in [6.45, 7) is 12.4. The molecule has 0 radical (unpaired) electrons. The summed E-state index contributed by atoms with van der Waals surface area (Å²) in [7, 11) is -1.47. The Morgan fingerprint density at radius 2 is 1.31 bits per heavy atom. The highest BCUT2D eigenvalue weighted by Crippen LogP contribution is 2.22. The van der Waals surface area contributed by atoms with Gasteiger partial charge < -0.3 is 24.2 Å². The van der Waals surface area contributed by atoms with Gasteiger partial charge in [-0.25, -0.2) is 0 Å². The molecule has 0 atom stereocenters. The molecule has 0 heterocycles. The standard InChI is InChI=1S/C27H42N2O5Si2/c1-22(30)32-25-12-8-23(9-13-25)20-24-10-14-26(15-11-24)33-27(31)21-29-17-19-36(5,6)34-35(3,4)18-7-16-28-2/h8-15,28-29H,7,16-21H2,1-6H3. The molecule has 0 amide bonds. The number of benzene rings is 2. The lowest BCUT2D eigenvalue weighted by Crippen LogP contribution is -2.46. The van der Waals surface area contributed by atoms with Crippen LogP contribution in [0.4, 0.5) is 0 Å². The zero-order valence-corrected chi connectivity index (χ0v) is 24.6. The minimum absolute atomic E-state index is 0.171. The summed E-state index contributed by atoms with van der Waals surface area (Å²) < 4.78 is 17.2. The maximum atomic E-state index is 12.3. The lowest BCUT2D eigenvalue weighted by atomic mass is 10.0. The molecule has 0 saturated carbocycles. The summed E-state index contributed by atoms with van der Waals surface area (Å²) in [5.41, 5.74) is 2.19. The predicted octanol–water partition coefficient (Wildman–Crippen LogP) is 4.73. The van der Waals surface area contributed by atoms with Crippen molar-refractivity contribution < 1.29 is 23.2 Å². The Morgan fingerprint density at radius 1 is 0.778 bits per heavy atom. The lowest BCUT2D eigenvalue weighted by Gasteiger charge is -2.34. The van der Waals surface area contributed by atoms with Crippen LogP contribution in [-0.2, 0) is 20.1 Å². The number of carbonyl (C=O) groups excluding carboxylic acids is 2. The van der Waals surface area contributed by atoms with Crippen molar-refractivity contribution in [3.63, 3.8) is 0 Å². The van der Waals surface area contributed by atoms with Crippen LogP contribution in [0.1, 0.15) is 24.5 Å². The second-order valence-corrected chi connectivity index (χ2v) is 19.1. The highest BCUT2D eigenvalue weighted by atomic mass is 28.4. The predicted molar refractivity (Wildman–Crippen MR) is 150 cm³/mol. The van der Waals surface area contributed by atoms with Gasteiger partial charge in [-0.2, -0.15) is 0 Å². The van der Waals surface area contributed by atoms with Gasteiger partial charge in [-0.15, -0.1) is 0 Å². The normalized spacial score (nSPS) is 11.8. The summed E-state index contributed by atoms with van der Waals surface area (Å²) in [6, 6.07) is 17.1. The summed E-state index contributed by atoms with van der Waals surface area (Å²) in [5, 5.41) is 6.42. The number of rotatable bonds is 15. The second kappa shape index (κ2) is 14.4. The number of nitrogens with one attached hydrogen (secondary N) is 2. The van der Waals surface area contributed by atoms with Gasteiger partial charge in [0, 0.05) is 6.92 Å². The Kier molecular flexibility index (Phi) is 12.0. The molecule has 0 fully saturated rings. The Hall–Kier alpha value is -2.31. The summed E-state index contributed by atoms with van der Waals surface area (Å²) >= 11 is 0. The highest BCUT2D eigenvalue weighted by molar-refractivity contribution is 6.84. The van der Waals surface area contributed by atoms with Crippen LogP contribution in [-0.4, -0.2) is 55.3 Å². The fourth-order valence-electron chi connectivity index (χ4n) is 4.04. The first-order valence-electron chi connectivity index (χ1n) is 12.6. The Morgan fingerprint density at radius 3 is 1.83 bits per heavy atom. The fraction of sp³-hybridized carbons (Fsp3) is 0.481. The van der Waals surface area contributed by atoms with E-state index in [0.29, 0.717) is 11.5 Å². The van der Waals surface area contributed by atoms with Gasteiger partial charge in [-0.05, 0) is 107 Å². The number of carbonyl (C=O) groups is 2. The maximum Gasteiger partial charge on any atom is 0.325 e. The topological polar surface area (TPSA) is 85.9 Å². The Balaban J connectivity index is 1.71. The van der Waals surface area contributed by atoms with E-state index in [4.69, 9.17) is 13.6 Å². The van der Waals surface area contributed by atoms with Crippen LogP contribution >= 0.6 is 0 Å². The minimum atomic E-state index is -1.79. The van der Waals surface area contributed by atoms with E-state index in [1.54, 1.807) is 12.1 Å². The average Bonchev–Trinajstić information content (AvgIpc) is 2.78. The van der Waals surface area contributed by atoms with Gasteiger partial charge in [-0.1, -0.05) is 24.3 Å². The first kappa shape index (κ1) is 29.9. The molecule has 2 rings (SSSR count). The van der Waals surface area contributed by atoms with Crippen LogP contribution in [0.15, 0.2) is 48.5 Å². The molecule has 0 saturated heterocycles.